The number of nitrogens with zero attached hydrogens (tertiary/aromatic N) is 1. The molecule has 0 aliphatic carbocycles. The number of guanidine groups is 1. The molecule has 6 heteroatoms. The normalized spacial score (nSPS) is 13.9. The zero-order valence-corrected chi connectivity index (χ0v) is 11.3. The molecule has 4 N–H and O–H groups in total. The number of hydrogen-bond acceptors (Lipinski definition) is 4. The van der Waals surface area contributed by atoms with Crippen molar-refractivity contribution in [1.82, 2.24) is 10.7 Å². The van der Waals surface area contributed by atoms with Crippen LogP contribution in [0.5, 0.6) is 0 Å². The fourth-order valence-corrected chi connectivity index (χ4v) is 1.20. The molecule has 0 aliphatic rings. The Balaban J connectivity index is 3.76. The summed E-state index contributed by atoms with van der Waals surface area (Å²) in [6, 6.07) is 0.159. The van der Waals surface area contributed by atoms with Gasteiger partial charge in [0.15, 0.2) is 0 Å². The number of rotatable bonds is 8. The van der Waals surface area contributed by atoms with Gasteiger partial charge in [0.25, 0.3) is 0 Å². The highest BCUT2D eigenvalue weighted by Crippen LogP contribution is 1.91. The van der Waals surface area contributed by atoms with Gasteiger partial charge in [-0.25, -0.2) is 10.8 Å². The molecule has 0 aromatic carbocycles. The smallest absolute Gasteiger partial charge is 0.206 e. The predicted molar refractivity (Wildman–Crippen MR) is 69.8 cm³/mol. The first-order valence-electron chi connectivity index (χ1n) is 5.94. The van der Waals surface area contributed by atoms with Crippen molar-refractivity contribution in [2.75, 3.05) is 33.5 Å². The first kappa shape index (κ1) is 16.1. The molecule has 17 heavy (non-hydrogen) atoms. The van der Waals surface area contributed by atoms with Gasteiger partial charge in [-0.3, -0.25) is 5.43 Å². The van der Waals surface area contributed by atoms with Crippen LogP contribution in [0.4, 0.5) is 0 Å². The Morgan fingerprint density at radius 2 is 2.00 bits per heavy atom. The first-order chi connectivity index (χ1) is 8.10. The number of nitrogens with one attached hydrogen (secondary N) is 2. The lowest BCUT2D eigenvalue weighted by molar-refractivity contribution is 0.116. The molecule has 0 rings (SSSR count). The second-order valence-electron chi connectivity index (χ2n) is 4.34. The van der Waals surface area contributed by atoms with E-state index in [0.29, 0.717) is 31.6 Å². The topological polar surface area (TPSA) is 80.9 Å². The summed E-state index contributed by atoms with van der Waals surface area (Å²) >= 11 is 0. The Morgan fingerprint density at radius 3 is 2.53 bits per heavy atom. The Labute approximate surface area is 104 Å². The van der Waals surface area contributed by atoms with Crippen LogP contribution in [0.25, 0.3) is 0 Å². The van der Waals surface area contributed by atoms with Crippen molar-refractivity contribution in [3.63, 3.8) is 0 Å². The number of methoxy groups -OCH3 is 1. The minimum Gasteiger partial charge on any atom is -0.383 e. The lowest BCUT2D eigenvalue weighted by atomic mass is 10.2. The van der Waals surface area contributed by atoms with Crippen LogP contribution >= 0.6 is 0 Å². The van der Waals surface area contributed by atoms with E-state index in [9.17, 15) is 0 Å². The number of ether oxygens (including phenoxy) is 2. The zero-order chi connectivity index (χ0) is 13.1. The van der Waals surface area contributed by atoms with E-state index in [-0.39, 0.29) is 6.04 Å². The summed E-state index contributed by atoms with van der Waals surface area (Å²) in [5, 5.41) is 3.10. The van der Waals surface area contributed by atoms with Crippen molar-refractivity contribution < 1.29 is 9.47 Å². The molecular weight excluding hydrogens is 220 g/mol. The number of aliphatic imine (C=N–C) groups is 1. The van der Waals surface area contributed by atoms with E-state index in [0.717, 1.165) is 6.61 Å². The molecular formula is C11H26N4O2. The zero-order valence-electron chi connectivity index (χ0n) is 11.3. The Morgan fingerprint density at radius 1 is 1.29 bits per heavy atom. The summed E-state index contributed by atoms with van der Waals surface area (Å²) < 4.78 is 10.4. The van der Waals surface area contributed by atoms with Crippen LogP contribution < -0.4 is 16.6 Å². The lowest BCUT2D eigenvalue weighted by Crippen LogP contribution is -2.47. The summed E-state index contributed by atoms with van der Waals surface area (Å²) in [5.41, 5.74) is 2.52. The molecule has 0 radical (unpaired) electrons. The fourth-order valence-electron chi connectivity index (χ4n) is 1.20. The van der Waals surface area contributed by atoms with E-state index in [4.69, 9.17) is 15.3 Å². The number of hydrogen-bond donors (Lipinski definition) is 3. The summed E-state index contributed by atoms with van der Waals surface area (Å²) in [6.45, 7) is 8.77. The summed E-state index contributed by atoms with van der Waals surface area (Å²) in [4.78, 5) is 4.25. The minimum absolute atomic E-state index is 0.159. The van der Waals surface area contributed by atoms with Crippen molar-refractivity contribution in [1.29, 1.82) is 0 Å². The molecule has 0 aromatic rings. The monoisotopic (exact) mass is 246 g/mol. The molecule has 6 nitrogen and oxygen atoms in total. The maximum absolute atomic E-state index is 5.41. The van der Waals surface area contributed by atoms with Crippen LogP contribution in [-0.4, -0.2) is 45.5 Å². The maximum Gasteiger partial charge on any atom is 0.206 e. The molecule has 0 aliphatic heterocycles. The van der Waals surface area contributed by atoms with Gasteiger partial charge in [-0.15, -0.1) is 0 Å². The van der Waals surface area contributed by atoms with E-state index in [2.05, 4.69) is 29.6 Å². The van der Waals surface area contributed by atoms with Gasteiger partial charge in [-0.05, 0) is 12.8 Å². The highest BCUT2D eigenvalue weighted by molar-refractivity contribution is 5.79. The average molecular weight is 246 g/mol. The largest absolute Gasteiger partial charge is 0.383 e. The number of hydrazine groups is 1. The van der Waals surface area contributed by atoms with Crippen LogP contribution in [0.15, 0.2) is 4.99 Å². The highest BCUT2D eigenvalue weighted by Gasteiger charge is 2.03. The fraction of sp³-hybridized carbons (Fsp3) is 0.909. The highest BCUT2D eigenvalue weighted by atomic mass is 16.5. The standard InChI is InChI=1S/C11H26N4O2/c1-9(2)7-17-6-5-13-11(15-12)14-10(3)8-16-4/h9-10H,5-8,12H2,1-4H3,(H2,13,14,15). The lowest BCUT2D eigenvalue weighted by Gasteiger charge is -2.15. The van der Waals surface area contributed by atoms with Gasteiger partial charge < -0.3 is 14.8 Å². The second-order valence-corrected chi connectivity index (χ2v) is 4.34. The summed E-state index contributed by atoms with van der Waals surface area (Å²) in [7, 11) is 1.66. The average Bonchev–Trinajstić information content (AvgIpc) is 2.27. The third kappa shape index (κ3) is 10.0. The van der Waals surface area contributed by atoms with Gasteiger partial charge in [0.1, 0.15) is 0 Å². The van der Waals surface area contributed by atoms with Gasteiger partial charge in [-0.2, -0.15) is 0 Å². The SMILES string of the molecule is COCC(C)NC(=NCCOCC(C)C)NN. The third-order valence-corrected chi connectivity index (χ3v) is 1.89. The van der Waals surface area contributed by atoms with E-state index in [1.165, 1.54) is 0 Å². The maximum atomic E-state index is 5.41. The third-order valence-electron chi connectivity index (χ3n) is 1.89. The van der Waals surface area contributed by atoms with E-state index in [1.807, 2.05) is 6.92 Å². The van der Waals surface area contributed by atoms with Crippen LogP contribution in [0, 0.1) is 5.92 Å². The first-order valence-corrected chi connectivity index (χ1v) is 5.94. The van der Waals surface area contributed by atoms with E-state index >= 15 is 0 Å². The Bertz CT molecular complexity index is 210. The van der Waals surface area contributed by atoms with Gasteiger partial charge in [0.2, 0.25) is 5.96 Å². The number of nitrogens with two attached hydrogens (primary N) is 1. The molecule has 0 aromatic heterocycles. The Hall–Kier alpha value is -0.850. The van der Waals surface area contributed by atoms with Crippen molar-refractivity contribution in [3.8, 4) is 0 Å². The van der Waals surface area contributed by atoms with Crippen molar-refractivity contribution >= 4 is 5.96 Å². The van der Waals surface area contributed by atoms with Gasteiger partial charge >= 0.3 is 0 Å². The van der Waals surface area contributed by atoms with E-state index in [1.54, 1.807) is 7.11 Å². The van der Waals surface area contributed by atoms with Crippen LogP contribution in [0.2, 0.25) is 0 Å². The molecule has 1 atom stereocenters. The Kier molecular flexibility index (Phi) is 9.80. The molecule has 102 valence electrons. The molecule has 1 unspecified atom stereocenters. The predicted octanol–water partition coefficient (Wildman–Crippen LogP) is 0.103. The molecule has 0 fully saturated rings. The van der Waals surface area contributed by atoms with Crippen molar-refractivity contribution in [2.24, 2.45) is 16.8 Å². The summed E-state index contributed by atoms with van der Waals surface area (Å²) in [5.74, 6) is 6.46. The van der Waals surface area contributed by atoms with Gasteiger partial charge in [0, 0.05) is 19.8 Å². The molecule has 0 bridgehead atoms. The van der Waals surface area contributed by atoms with Crippen molar-refractivity contribution in [2.45, 2.75) is 26.8 Å². The molecule has 0 saturated carbocycles. The van der Waals surface area contributed by atoms with Crippen LogP contribution in [0.3, 0.4) is 0 Å². The second kappa shape index (κ2) is 10.3. The molecule has 0 amide bonds. The van der Waals surface area contributed by atoms with E-state index < -0.39 is 0 Å². The van der Waals surface area contributed by atoms with Crippen LogP contribution in [-0.2, 0) is 9.47 Å². The quantitative estimate of drug-likeness (QED) is 0.186. The van der Waals surface area contributed by atoms with Gasteiger partial charge in [0.05, 0.1) is 19.8 Å². The molecule has 0 heterocycles. The van der Waals surface area contributed by atoms with Crippen molar-refractivity contribution in [3.05, 3.63) is 0 Å². The molecule has 0 spiro atoms. The van der Waals surface area contributed by atoms with Gasteiger partial charge in [-0.1, -0.05) is 13.8 Å². The summed E-state index contributed by atoms with van der Waals surface area (Å²) in [6.07, 6.45) is 0. The molecule has 0 saturated heterocycles. The van der Waals surface area contributed by atoms with Crippen LogP contribution in [0.1, 0.15) is 20.8 Å². The minimum atomic E-state index is 0.159.